The van der Waals surface area contributed by atoms with Crippen molar-refractivity contribution in [3.63, 3.8) is 0 Å². The van der Waals surface area contributed by atoms with E-state index in [1.54, 1.807) is 42.5 Å². The molecular formula is C19H22N2O5. The molecular weight excluding hydrogens is 336 g/mol. The first kappa shape index (κ1) is 19.1. The van der Waals surface area contributed by atoms with Crippen LogP contribution in [0.4, 0.5) is 5.69 Å². The summed E-state index contributed by atoms with van der Waals surface area (Å²) in [5.41, 5.74) is 7.43. The van der Waals surface area contributed by atoms with Crippen LogP contribution >= 0.6 is 0 Å². The van der Waals surface area contributed by atoms with Crippen LogP contribution < -0.4 is 20.5 Å². The van der Waals surface area contributed by atoms with Crippen LogP contribution in [0.5, 0.6) is 11.5 Å². The molecule has 1 unspecified atom stereocenters. The molecule has 7 heteroatoms. The lowest BCUT2D eigenvalue weighted by molar-refractivity contribution is -0.141. The number of amides is 1. The minimum atomic E-state index is -0.552. The smallest absolute Gasteiger partial charge is 0.307 e. The van der Waals surface area contributed by atoms with Gasteiger partial charge in [-0.2, -0.15) is 0 Å². The zero-order valence-electron chi connectivity index (χ0n) is 14.9. The van der Waals surface area contributed by atoms with E-state index < -0.39 is 12.0 Å². The van der Waals surface area contributed by atoms with Crippen LogP contribution in [0, 0.1) is 0 Å². The number of hydrogen-bond donors (Lipinski definition) is 2. The maximum atomic E-state index is 12.6. The van der Waals surface area contributed by atoms with Gasteiger partial charge in [-0.05, 0) is 35.9 Å². The third-order valence-corrected chi connectivity index (χ3v) is 3.89. The number of anilines is 1. The zero-order valence-corrected chi connectivity index (χ0v) is 14.9. The van der Waals surface area contributed by atoms with Gasteiger partial charge >= 0.3 is 5.97 Å². The molecule has 2 aromatic rings. The number of nitrogens with one attached hydrogen (secondary N) is 1. The highest BCUT2D eigenvalue weighted by Crippen LogP contribution is 2.28. The van der Waals surface area contributed by atoms with Crippen molar-refractivity contribution in [2.24, 2.45) is 0 Å². The van der Waals surface area contributed by atoms with Crippen molar-refractivity contribution in [3.8, 4) is 11.5 Å². The number of nitrogens with two attached hydrogens (primary N) is 1. The first-order chi connectivity index (χ1) is 12.5. The van der Waals surface area contributed by atoms with E-state index in [1.807, 2.05) is 0 Å². The molecule has 0 radical (unpaired) electrons. The molecule has 3 N–H and O–H groups in total. The summed E-state index contributed by atoms with van der Waals surface area (Å²) in [6.45, 7) is 0. The van der Waals surface area contributed by atoms with Gasteiger partial charge in [0.25, 0.3) is 5.91 Å². The lowest BCUT2D eigenvalue weighted by Crippen LogP contribution is -2.30. The number of rotatable bonds is 7. The van der Waals surface area contributed by atoms with Gasteiger partial charge in [-0.25, -0.2) is 0 Å². The number of carbonyl (C=O) groups is 2. The number of esters is 1. The summed E-state index contributed by atoms with van der Waals surface area (Å²) in [5.74, 6) is 0.182. The van der Waals surface area contributed by atoms with Crippen molar-refractivity contribution in [3.05, 3.63) is 53.6 Å². The molecule has 1 atom stereocenters. The predicted octanol–water partition coefficient (Wildman–Crippen LogP) is 2.32. The van der Waals surface area contributed by atoms with E-state index in [0.29, 0.717) is 22.7 Å². The van der Waals surface area contributed by atoms with Crippen LogP contribution in [0.1, 0.15) is 28.4 Å². The van der Waals surface area contributed by atoms with E-state index in [-0.39, 0.29) is 12.3 Å². The molecule has 0 aliphatic rings. The van der Waals surface area contributed by atoms with Gasteiger partial charge in [0.2, 0.25) is 0 Å². The van der Waals surface area contributed by atoms with Crippen LogP contribution in [0.25, 0.3) is 0 Å². The van der Waals surface area contributed by atoms with Crippen LogP contribution in [-0.2, 0) is 9.53 Å². The highest BCUT2D eigenvalue weighted by Gasteiger charge is 2.20. The quantitative estimate of drug-likeness (QED) is 0.582. The zero-order chi connectivity index (χ0) is 19.1. The minimum absolute atomic E-state index is 0.000548. The van der Waals surface area contributed by atoms with Gasteiger partial charge in [0.1, 0.15) is 0 Å². The largest absolute Gasteiger partial charge is 0.493 e. The second kappa shape index (κ2) is 8.75. The first-order valence-electron chi connectivity index (χ1n) is 7.93. The van der Waals surface area contributed by atoms with Crippen molar-refractivity contribution in [2.75, 3.05) is 27.1 Å². The van der Waals surface area contributed by atoms with Gasteiger partial charge in [0, 0.05) is 11.3 Å². The highest BCUT2D eigenvalue weighted by atomic mass is 16.5. The molecule has 0 fully saturated rings. The van der Waals surface area contributed by atoms with Gasteiger partial charge in [0.15, 0.2) is 11.5 Å². The van der Waals surface area contributed by atoms with Crippen molar-refractivity contribution in [2.45, 2.75) is 12.5 Å². The van der Waals surface area contributed by atoms with Crippen molar-refractivity contribution in [1.29, 1.82) is 0 Å². The molecule has 0 aliphatic carbocycles. The third kappa shape index (κ3) is 4.66. The van der Waals surface area contributed by atoms with E-state index in [1.165, 1.54) is 21.3 Å². The van der Waals surface area contributed by atoms with Gasteiger partial charge in [-0.3, -0.25) is 9.59 Å². The average molecular weight is 358 g/mol. The molecule has 7 nitrogen and oxygen atoms in total. The molecule has 0 aromatic heterocycles. The Morgan fingerprint density at radius 1 is 1.00 bits per heavy atom. The van der Waals surface area contributed by atoms with Crippen LogP contribution in [0.3, 0.4) is 0 Å². The summed E-state index contributed by atoms with van der Waals surface area (Å²) in [5, 5.41) is 2.85. The van der Waals surface area contributed by atoms with Crippen molar-refractivity contribution < 1.29 is 23.8 Å². The third-order valence-electron chi connectivity index (χ3n) is 3.89. The van der Waals surface area contributed by atoms with Gasteiger partial charge < -0.3 is 25.3 Å². The summed E-state index contributed by atoms with van der Waals surface area (Å²) in [7, 11) is 4.32. The molecule has 0 heterocycles. The monoisotopic (exact) mass is 358 g/mol. The Kier molecular flexibility index (Phi) is 6.43. The summed E-state index contributed by atoms with van der Waals surface area (Å²) in [6, 6.07) is 11.2. The maximum Gasteiger partial charge on any atom is 0.307 e. The Bertz CT molecular complexity index is 774. The molecule has 26 heavy (non-hydrogen) atoms. The van der Waals surface area contributed by atoms with E-state index >= 15 is 0 Å². The summed E-state index contributed by atoms with van der Waals surface area (Å²) in [4.78, 5) is 24.4. The molecule has 0 spiro atoms. The fourth-order valence-corrected chi connectivity index (χ4v) is 2.45. The average Bonchev–Trinajstić information content (AvgIpc) is 2.67. The fourth-order valence-electron chi connectivity index (χ4n) is 2.45. The number of carbonyl (C=O) groups excluding carboxylic acids is 2. The van der Waals surface area contributed by atoms with Crippen molar-refractivity contribution >= 4 is 17.6 Å². The molecule has 2 rings (SSSR count). The number of ether oxygens (including phenoxy) is 3. The molecule has 0 saturated carbocycles. The minimum Gasteiger partial charge on any atom is -0.493 e. The molecule has 1 amide bonds. The van der Waals surface area contributed by atoms with Crippen LogP contribution in [0.2, 0.25) is 0 Å². The van der Waals surface area contributed by atoms with E-state index in [0.717, 1.165) is 5.56 Å². The normalized spacial score (nSPS) is 11.3. The molecule has 2 aromatic carbocycles. The van der Waals surface area contributed by atoms with Crippen LogP contribution in [0.15, 0.2) is 42.5 Å². The topological polar surface area (TPSA) is 99.9 Å². The maximum absolute atomic E-state index is 12.6. The van der Waals surface area contributed by atoms with E-state index in [4.69, 9.17) is 19.9 Å². The molecule has 138 valence electrons. The number of benzene rings is 2. The number of hydrogen-bond acceptors (Lipinski definition) is 6. The second-order valence-electron chi connectivity index (χ2n) is 5.54. The Morgan fingerprint density at radius 2 is 1.65 bits per heavy atom. The van der Waals surface area contributed by atoms with Gasteiger partial charge in [0.05, 0.1) is 33.8 Å². The molecule has 0 bridgehead atoms. The molecule has 0 aliphatic heterocycles. The fraction of sp³-hybridized carbons (Fsp3) is 0.263. The Balaban J connectivity index is 2.25. The Hall–Kier alpha value is -3.22. The number of nitrogen functional groups attached to an aromatic ring is 1. The van der Waals surface area contributed by atoms with Gasteiger partial charge in [-0.1, -0.05) is 12.1 Å². The summed E-state index contributed by atoms with van der Waals surface area (Å²) >= 11 is 0. The van der Waals surface area contributed by atoms with Crippen LogP contribution in [-0.4, -0.2) is 33.2 Å². The second-order valence-corrected chi connectivity index (χ2v) is 5.54. The molecule has 0 saturated heterocycles. The standard InChI is InChI=1S/C19H22N2O5/c1-24-16-9-6-13(10-17(16)25-2)19(23)21-15(11-18(22)26-3)12-4-7-14(20)8-5-12/h4-10,15H,11,20H2,1-3H3,(H,21,23). The summed E-state index contributed by atoms with van der Waals surface area (Å²) < 4.78 is 15.1. The highest BCUT2D eigenvalue weighted by molar-refractivity contribution is 5.95. The Morgan fingerprint density at radius 3 is 2.23 bits per heavy atom. The van der Waals surface area contributed by atoms with Gasteiger partial charge in [-0.15, -0.1) is 0 Å². The lowest BCUT2D eigenvalue weighted by Gasteiger charge is -2.19. The Labute approximate surface area is 152 Å². The van der Waals surface area contributed by atoms with E-state index in [2.05, 4.69) is 5.32 Å². The SMILES string of the molecule is COC(=O)CC(NC(=O)c1ccc(OC)c(OC)c1)c1ccc(N)cc1. The van der Waals surface area contributed by atoms with Crippen molar-refractivity contribution in [1.82, 2.24) is 5.32 Å². The summed E-state index contributed by atoms with van der Waals surface area (Å²) in [6.07, 6.45) is -0.000548. The lowest BCUT2D eigenvalue weighted by atomic mass is 10.0. The number of methoxy groups -OCH3 is 3. The van der Waals surface area contributed by atoms with E-state index in [9.17, 15) is 9.59 Å². The predicted molar refractivity (Wildman–Crippen MR) is 97.2 cm³/mol. The first-order valence-corrected chi connectivity index (χ1v) is 7.93.